The minimum atomic E-state index is -3.57. The Hall–Kier alpha value is -2.18. The SMILES string of the molecule is C=Cc1ccc(Cn2cc(S(=O)(=O)N3CCCCCC3)ccc2=O)cc1. The van der Waals surface area contributed by atoms with Crippen LogP contribution in [0.1, 0.15) is 36.8 Å². The van der Waals surface area contributed by atoms with E-state index in [1.807, 2.05) is 24.3 Å². The standard InChI is InChI=1S/C20H24N2O3S/c1-2-17-7-9-18(10-8-17)15-21-16-19(11-12-20(21)23)26(24,25)22-13-5-3-4-6-14-22/h2,7-12,16H,1,3-6,13-15H2. The maximum Gasteiger partial charge on any atom is 0.250 e. The molecule has 5 nitrogen and oxygen atoms in total. The molecule has 0 bridgehead atoms. The van der Waals surface area contributed by atoms with Crippen LogP contribution in [0.4, 0.5) is 0 Å². The predicted molar refractivity (Wildman–Crippen MR) is 104 cm³/mol. The van der Waals surface area contributed by atoms with Crippen LogP contribution in [0.5, 0.6) is 0 Å². The first kappa shape index (κ1) is 18.6. The molecule has 6 heteroatoms. The summed E-state index contributed by atoms with van der Waals surface area (Å²) in [5, 5.41) is 0. The molecule has 1 fully saturated rings. The Labute approximate surface area is 154 Å². The highest BCUT2D eigenvalue weighted by Gasteiger charge is 2.25. The van der Waals surface area contributed by atoms with Gasteiger partial charge < -0.3 is 4.57 Å². The monoisotopic (exact) mass is 372 g/mol. The second kappa shape index (κ2) is 8.01. The summed E-state index contributed by atoms with van der Waals surface area (Å²) in [5.74, 6) is 0. The van der Waals surface area contributed by atoms with Crippen LogP contribution in [0.25, 0.3) is 6.08 Å². The van der Waals surface area contributed by atoms with Crippen LogP contribution in [0, 0.1) is 0 Å². The van der Waals surface area contributed by atoms with Gasteiger partial charge in [0.15, 0.2) is 0 Å². The molecule has 0 spiro atoms. The highest BCUT2D eigenvalue weighted by atomic mass is 32.2. The summed E-state index contributed by atoms with van der Waals surface area (Å²) in [6.45, 7) is 5.15. The van der Waals surface area contributed by atoms with Gasteiger partial charge in [0, 0.05) is 25.4 Å². The molecule has 1 aromatic carbocycles. The lowest BCUT2D eigenvalue weighted by atomic mass is 10.1. The van der Waals surface area contributed by atoms with Crippen molar-refractivity contribution >= 4 is 16.1 Å². The van der Waals surface area contributed by atoms with Gasteiger partial charge in [-0.15, -0.1) is 0 Å². The Morgan fingerprint density at radius 1 is 0.962 bits per heavy atom. The van der Waals surface area contributed by atoms with E-state index in [4.69, 9.17) is 0 Å². The molecular weight excluding hydrogens is 348 g/mol. The molecule has 3 rings (SSSR count). The molecule has 0 aliphatic carbocycles. The van der Waals surface area contributed by atoms with E-state index in [9.17, 15) is 13.2 Å². The van der Waals surface area contributed by atoms with Crippen LogP contribution in [0.15, 0.2) is 58.9 Å². The van der Waals surface area contributed by atoms with Gasteiger partial charge in [0.1, 0.15) is 0 Å². The van der Waals surface area contributed by atoms with Gasteiger partial charge in [0.05, 0.1) is 11.4 Å². The number of rotatable bonds is 5. The molecule has 1 aromatic heterocycles. The van der Waals surface area contributed by atoms with E-state index in [1.54, 1.807) is 10.4 Å². The van der Waals surface area contributed by atoms with Crippen molar-refractivity contribution in [2.75, 3.05) is 13.1 Å². The number of hydrogen-bond donors (Lipinski definition) is 0. The maximum absolute atomic E-state index is 12.9. The Bertz CT molecular complexity index is 922. The molecule has 2 aromatic rings. The van der Waals surface area contributed by atoms with E-state index < -0.39 is 10.0 Å². The van der Waals surface area contributed by atoms with E-state index in [0.29, 0.717) is 19.6 Å². The second-order valence-corrected chi connectivity index (χ2v) is 8.53. The normalized spacial score (nSPS) is 16.2. The molecule has 1 saturated heterocycles. The summed E-state index contributed by atoms with van der Waals surface area (Å²) in [4.78, 5) is 12.4. The van der Waals surface area contributed by atoms with E-state index in [2.05, 4.69) is 6.58 Å². The summed E-state index contributed by atoms with van der Waals surface area (Å²) in [5.41, 5.74) is 1.72. The minimum absolute atomic E-state index is 0.182. The van der Waals surface area contributed by atoms with Crippen LogP contribution in [-0.2, 0) is 16.6 Å². The second-order valence-electron chi connectivity index (χ2n) is 6.59. The average Bonchev–Trinajstić information content (AvgIpc) is 2.94. The van der Waals surface area contributed by atoms with Crippen LogP contribution >= 0.6 is 0 Å². The largest absolute Gasteiger partial charge is 0.310 e. The summed E-state index contributed by atoms with van der Waals surface area (Å²) < 4.78 is 28.9. The smallest absolute Gasteiger partial charge is 0.250 e. The Morgan fingerprint density at radius 2 is 1.62 bits per heavy atom. The van der Waals surface area contributed by atoms with Gasteiger partial charge in [0.25, 0.3) is 5.56 Å². The van der Waals surface area contributed by atoms with Gasteiger partial charge >= 0.3 is 0 Å². The van der Waals surface area contributed by atoms with E-state index >= 15 is 0 Å². The zero-order valence-electron chi connectivity index (χ0n) is 14.8. The van der Waals surface area contributed by atoms with E-state index in [1.165, 1.54) is 22.9 Å². The van der Waals surface area contributed by atoms with Gasteiger partial charge in [-0.1, -0.05) is 49.8 Å². The number of pyridine rings is 1. The quantitative estimate of drug-likeness (QED) is 0.810. The third kappa shape index (κ3) is 4.14. The predicted octanol–water partition coefficient (Wildman–Crippen LogP) is 3.10. The zero-order valence-corrected chi connectivity index (χ0v) is 15.6. The molecule has 26 heavy (non-hydrogen) atoms. The van der Waals surface area contributed by atoms with E-state index in [-0.39, 0.29) is 10.5 Å². The first-order valence-electron chi connectivity index (χ1n) is 8.93. The van der Waals surface area contributed by atoms with Crippen molar-refractivity contribution < 1.29 is 8.42 Å². The first-order valence-corrected chi connectivity index (χ1v) is 10.4. The molecular formula is C20H24N2O3S. The molecule has 1 aliphatic rings. The number of aromatic nitrogens is 1. The Morgan fingerprint density at radius 3 is 2.23 bits per heavy atom. The maximum atomic E-state index is 12.9. The van der Waals surface area contributed by atoms with Gasteiger partial charge in [-0.05, 0) is 30.0 Å². The summed E-state index contributed by atoms with van der Waals surface area (Å²) in [6, 6.07) is 10.4. The zero-order chi connectivity index (χ0) is 18.6. The van der Waals surface area contributed by atoms with Crippen molar-refractivity contribution in [3.63, 3.8) is 0 Å². The summed E-state index contributed by atoms with van der Waals surface area (Å²) in [7, 11) is -3.57. The molecule has 0 amide bonds. The first-order chi connectivity index (χ1) is 12.5. The van der Waals surface area contributed by atoms with Crippen molar-refractivity contribution in [3.05, 3.63) is 70.7 Å². The third-order valence-corrected chi connectivity index (χ3v) is 6.61. The Balaban J connectivity index is 1.88. The van der Waals surface area contributed by atoms with Gasteiger partial charge in [-0.2, -0.15) is 4.31 Å². The minimum Gasteiger partial charge on any atom is -0.310 e. The fourth-order valence-corrected chi connectivity index (χ4v) is 4.71. The van der Waals surface area contributed by atoms with Gasteiger partial charge in [-0.3, -0.25) is 4.79 Å². The molecule has 138 valence electrons. The van der Waals surface area contributed by atoms with Crippen LogP contribution in [0.2, 0.25) is 0 Å². The molecule has 2 heterocycles. The van der Waals surface area contributed by atoms with Crippen molar-refractivity contribution in [3.8, 4) is 0 Å². The van der Waals surface area contributed by atoms with Crippen LogP contribution in [0.3, 0.4) is 0 Å². The molecule has 0 atom stereocenters. The van der Waals surface area contributed by atoms with Gasteiger partial charge in [-0.25, -0.2) is 8.42 Å². The van der Waals surface area contributed by atoms with Crippen molar-refractivity contribution in [1.82, 2.24) is 8.87 Å². The highest BCUT2D eigenvalue weighted by Crippen LogP contribution is 2.19. The van der Waals surface area contributed by atoms with Crippen molar-refractivity contribution in [1.29, 1.82) is 0 Å². The molecule has 0 N–H and O–H groups in total. The number of hydrogen-bond acceptors (Lipinski definition) is 3. The number of nitrogens with zero attached hydrogens (tertiary/aromatic N) is 2. The number of benzene rings is 1. The fourth-order valence-electron chi connectivity index (χ4n) is 3.17. The average molecular weight is 372 g/mol. The van der Waals surface area contributed by atoms with Crippen LogP contribution < -0.4 is 5.56 Å². The molecule has 0 unspecified atom stereocenters. The fraction of sp³-hybridized carbons (Fsp3) is 0.350. The molecule has 1 aliphatic heterocycles. The van der Waals surface area contributed by atoms with Gasteiger partial charge in [0.2, 0.25) is 10.0 Å². The van der Waals surface area contributed by atoms with Crippen molar-refractivity contribution in [2.24, 2.45) is 0 Å². The lowest BCUT2D eigenvalue weighted by Gasteiger charge is -2.20. The van der Waals surface area contributed by atoms with Crippen molar-refractivity contribution in [2.45, 2.75) is 37.1 Å². The molecule has 0 radical (unpaired) electrons. The third-order valence-electron chi connectivity index (χ3n) is 4.73. The molecule has 0 saturated carbocycles. The Kier molecular flexibility index (Phi) is 5.74. The summed E-state index contributed by atoms with van der Waals surface area (Å²) >= 11 is 0. The summed E-state index contributed by atoms with van der Waals surface area (Å²) in [6.07, 6.45) is 7.11. The van der Waals surface area contributed by atoms with E-state index in [0.717, 1.165) is 36.8 Å². The highest BCUT2D eigenvalue weighted by molar-refractivity contribution is 7.89. The van der Waals surface area contributed by atoms with Crippen LogP contribution in [-0.4, -0.2) is 30.4 Å². The lowest BCUT2D eigenvalue weighted by Crippen LogP contribution is -2.33. The number of sulfonamides is 1. The topological polar surface area (TPSA) is 59.4 Å². The lowest BCUT2D eigenvalue weighted by molar-refractivity contribution is 0.423.